The predicted molar refractivity (Wildman–Crippen MR) is 80.3 cm³/mol. The van der Waals surface area contributed by atoms with Gasteiger partial charge in [0.2, 0.25) is 5.91 Å². The highest BCUT2D eigenvalue weighted by molar-refractivity contribution is 8.69. The standard InChI is InChI=1S/C13H19NO2S2/c1-7(2)9-5-8(12(14)16)6-10(11(9)15)13(3,4)18-17/h5-7,15,17H,1-4H3,(H2,14,16). The molecule has 1 amide bonds. The van der Waals surface area contributed by atoms with Crippen molar-refractivity contribution in [3.8, 4) is 5.75 Å². The van der Waals surface area contributed by atoms with Gasteiger partial charge in [0.15, 0.2) is 0 Å². The van der Waals surface area contributed by atoms with Crippen LogP contribution >= 0.6 is 22.5 Å². The first-order valence-corrected chi connectivity index (χ1v) is 7.57. The second-order valence-electron chi connectivity index (χ2n) is 5.08. The van der Waals surface area contributed by atoms with Crippen molar-refractivity contribution in [1.82, 2.24) is 0 Å². The molecule has 0 aliphatic rings. The Hall–Kier alpha value is -0.810. The number of phenolic OH excluding ortho intramolecular Hbond substituents is 1. The van der Waals surface area contributed by atoms with Crippen molar-refractivity contribution in [1.29, 1.82) is 0 Å². The Morgan fingerprint density at radius 1 is 1.44 bits per heavy atom. The summed E-state index contributed by atoms with van der Waals surface area (Å²) in [7, 11) is 1.32. The van der Waals surface area contributed by atoms with Crippen molar-refractivity contribution in [2.24, 2.45) is 5.73 Å². The average molecular weight is 285 g/mol. The molecule has 1 rings (SSSR count). The SMILES string of the molecule is CC(C)c1cc(C(N)=O)cc(C(C)(C)SS)c1O. The van der Waals surface area contributed by atoms with Crippen LogP contribution in [0.1, 0.15) is 55.1 Å². The molecule has 1 aromatic carbocycles. The number of carbonyl (C=O) groups is 1. The number of carbonyl (C=O) groups excluding carboxylic acids is 1. The molecule has 3 N–H and O–H groups in total. The molecular formula is C13H19NO2S2. The maximum atomic E-state index is 11.4. The van der Waals surface area contributed by atoms with Gasteiger partial charge in [-0.25, -0.2) is 0 Å². The lowest BCUT2D eigenvalue weighted by Crippen LogP contribution is -2.16. The van der Waals surface area contributed by atoms with Crippen LogP contribution in [0.15, 0.2) is 12.1 Å². The third-order valence-corrected chi connectivity index (χ3v) is 4.97. The molecule has 0 fully saturated rings. The third kappa shape index (κ3) is 2.95. The van der Waals surface area contributed by atoms with Crippen molar-refractivity contribution in [2.75, 3.05) is 0 Å². The summed E-state index contributed by atoms with van der Waals surface area (Å²) in [6.07, 6.45) is 0. The van der Waals surface area contributed by atoms with Crippen LogP contribution in [0.2, 0.25) is 0 Å². The van der Waals surface area contributed by atoms with Crippen molar-refractivity contribution in [3.63, 3.8) is 0 Å². The van der Waals surface area contributed by atoms with Crippen molar-refractivity contribution in [2.45, 2.75) is 38.4 Å². The average Bonchev–Trinajstić information content (AvgIpc) is 2.28. The highest BCUT2D eigenvalue weighted by Crippen LogP contribution is 2.44. The summed E-state index contributed by atoms with van der Waals surface area (Å²) >= 11 is 4.22. The lowest BCUT2D eigenvalue weighted by Gasteiger charge is -2.25. The van der Waals surface area contributed by atoms with Gasteiger partial charge in [-0.05, 0) is 37.5 Å². The molecule has 0 bridgehead atoms. The molecule has 0 heterocycles. The minimum Gasteiger partial charge on any atom is -0.507 e. The molecule has 18 heavy (non-hydrogen) atoms. The normalized spacial score (nSPS) is 11.9. The van der Waals surface area contributed by atoms with Crippen LogP contribution in [0.25, 0.3) is 0 Å². The Kier molecular flexibility index (Phi) is 4.61. The van der Waals surface area contributed by atoms with Crippen LogP contribution in [-0.2, 0) is 4.75 Å². The summed E-state index contributed by atoms with van der Waals surface area (Å²) in [6.45, 7) is 7.80. The Balaban J connectivity index is 3.55. The molecule has 0 aliphatic carbocycles. The maximum absolute atomic E-state index is 11.4. The number of amides is 1. The van der Waals surface area contributed by atoms with Gasteiger partial charge in [0.05, 0.1) is 0 Å². The molecule has 0 spiro atoms. The lowest BCUT2D eigenvalue weighted by molar-refractivity contribution is 0.1000. The summed E-state index contributed by atoms with van der Waals surface area (Å²) in [6, 6.07) is 3.30. The Labute approximate surface area is 117 Å². The molecular weight excluding hydrogens is 266 g/mol. The number of hydrogen-bond acceptors (Lipinski definition) is 4. The second-order valence-corrected chi connectivity index (χ2v) is 6.83. The van der Waals surface area contributed by atoms with Crippen LogP contribution in [0, 0.1) is 0 Å². The number of phenols is 1. The van der Waals surface area contributed by atoms with Gasteiger partial charge in [-0.2, -0.15) is 0 Å². The number of nitrogens with two attached hydrogens (primary N) is 1. The van der Waals surface area contributed by atoms with Crippen molar-refractivity contribution >= 4 is 28.4 Å². The Morgan fingerprint density at radius 3 is 2.39 bits per heavy atom. The number of thiol groups is 1. The molecule has 0 unspecified atom stereocenters. The first-order valence-electron chi connectivity index (χ1n) is 5.70. The summed E-state index contributed by atoms with van der Waals surface area (Å²) in [5.74, 6) is -0.150. The number of benzene rings is 1. The molecule has 0 saturated carbocycles. The van der Waals surface area contributed by atoms with E-state index < -0.39 is 10.7 Å². The van der Waals surface area contributed by atoms with E-state index in [-0.39, 0.29) is 11.7 Å². The summed E-state index contributed by atoms with van der Waals surface area (Å²) in [4.78, 5) is 11.4. The topological polar surface area (TPSA) is 63.3 Å². The van der Waals surface area contributed by atoms with E-state index in [2.05, 4.69) is 11.7 Å². The van der Waals surface area contributed by atoms with E-state index in [1.165, 1.54) is 10.8 Å². The third-order valence-electron chi connectivity index (χ3n) is 2.92. The van der Waals surface area contributed by atoms with Crippen LogP contribution in [0.5, 0.6) is 5.75 Å². The Bertz CT molecular complexity index is 470. The highest BCUT2D eigenvalue weighted by atomic mass is 33.1. The molecule has 3 nitrogen and oxygen atoms in total. The maximum Gasteiger partial charge on any atom is 0.248 e. The van der Waals surface area contributed by atoms with E-state index >= 15 is 0 Å². The zero-order valence-electron chi connectivity index (χ0n) is 11.0. The molecule has 0 saturated heterocycles. The van der Waals surface area contributed by atoms with Gasteiger partial charge in [0, 0.05) is 15.9 Å². The van der Waals surface area contributed by atoms with Gasteiger partial charge in [0.25, 0.3) is 0 Å². The van der Waals surface area contributed by atoms with Crippen LogP contribution in [-0.4, -0.2) is 11.0 Å². The van der Waals surface area contributed by atoms with Crippen molar-refractivity contribution in [3.05, 3.63) is 28.8 Å². The van der Waals surface area contributed by atoms with E-state index in [0.29, 0.717) is 11.1 Å². The summed E-state index contributed by atoms with van der Waals surface area (Å²) in [5, 5.41) is 10.3. The van der Waals surface area contributed by atoms with E-state index in [1.807, 2.05) is 27.7 Å². The number of primary amides is 1. The van der Waals surface area contributed by atoms with Gasteiger partial charge in [-0.15, -0.1) is 11.7 Å². The van der Waals surface area contributed by atoms with E-state index in [0.717, 1.165) is 5.56 Å². The first kappa shape index (κ1) is 15.2. The molecule has 0 radical (unpaired) electrons. The smallest absolute Gasteiger partial charge is 0.248 e. The zero-order valence-corrected chi connectivity index (χ0v) is 12.7. The predicted octanol–water partition coefficient (Wildman–Crippen LogP) is 3.43. The molecule has 100 valence electrons. The number of rotatable bonds is 4. The summed E-state index contributed by atoms with van der Waals surface area (Å²) in [5.41, 5.74) is 7.17. The number of hydrogen-bond donors (Lipinski definition) is 3. The second kappa shape index (κ2) is 5.45. The fourth-order valence-electron chi connectivity index (χ4n) is 1.75. The van der Waals surface area contributed by atoms with Gasteiger partial charge < -0.3 is 10.8 Å². The Morgan fingerprint density at radius 2 is 2.00 bits per heavy atom. The molecule has 5 heteroatoms. The number of aromatic hydroxyl groups is 1. The minimum atomic E-state index is -0.488. The van der Waals surface area contributed by atoms with Crippen molar-refractivity contribution < 1.29 is 9.90 Å². The molecule has 0 aromatic heterocycles. The quantitative estimate of drug-likeness (QED) is 0.586. The fraction of sp³-hybridized carbons (Fsp3) is 0.462. The largest absolute Gasteiger partial charge is 0.507 e. The fourth-order valence-corrected chi connectivity index (χ4v) is 2.30. The van der Waals surface area contributed by atoms with Gasteiger partial charge in [0.1, 0.15) is 5.75 Å². The van der Waals surface area contributed by atoms with Crippen LogP contribution in [0.4, 0.5) is 0 Å². The van der Waals surface area contributed by atoms with Gasteiger partial charge in [-0.3, -0.25) is 4.79 Å². The lowest BCUT2D eigenvalue weighted by atomic mass is 9.91. The summed E-state index contributed by atoms with van der Waals surface area (Å²) < 4.78 is -0.401. The van der Waals surface area contributed by atoms with Gasteiger partial charge >= 0.3 is 0 Å². The van der Waals surface area contributed by atoms with Gasteiger partial charge in [-0.1, -0.05) is 24.6 Å². The highest BCUT2D eigenvalue weighted by Gasteiger charge is 2.27. The van der Waals surface area contributed by atoms with Crippen LogP contribution < -0.4 is 5.73 Å². The minimum absolute atomic E-state index is 0.115. The zero-order chi connectivity index (χ0) is 14.1. The van der Waals surface area contributed by atoms with E-state index in [1.54, 1.807) is 12.1 Å². The van der Waals surface area contributed by atoms with Crippen LogP contribution in [0.3, 0.4) is 0 Å². The first-order chi connectivity index (χ1) is 8.20. The molecule has 1 aromatic rings. The molecule has 0 aliphatic heterocycles. The monoisotopic (exact) mass is 285 g/mol. The molecule has 0 atom stereocenters. The van der Waals surface area contributed by atoms with E-state index in [4.69, 9.17) is 5.73 Å². The van der Waals surface area contributed by atoms with E-state index in [9.17, 15) is 9.90 Å².